The SMILES string of the molecule is CCC(OC)N1C(=O)c2cccc3c(O)ccc(c23)C1=O. The molecule has 0 aliphatic carbocycles. The van der Waals surface area contributed by atoms with Gasteiger partial charge in [0.1, 0.15) is 12.0 Å². The van der Waals surface area contributed by atoms with Crippen molar-refractivity contribution in [2.24, 2.45) is 0 Å². The van der Waals surface area contributed by atoms with Crippen LogP contribution in [0, 0.1) is 0 Å². The maximum absolute atomic E-state index is 12.6. The molecule has 2 amide bonds. The average Bonchev–Trinajstić information content (AvgIpc) is 2.50. The van der Waals surface area contributed by atoms with Gasteiger partial charge in [-0.15, -0.1) is 0 Å². The molecule has 3 rings (SSSR count). The lowest BCUT2D eigenvalue weighted by Crippen LogP contribution is -2.47. The second-order valence-electron chi connectivity index (χ2n) is 4.94. The van der Waals surface area contributed by atoms with E-state index in [2.05, 4.69) is 0 Å². The summed E-state index contributed by atoms with van der Waals surface area (Å²) in [6.07, 6.45) is -0.0839. The lowest BCUT2D eigenvalue weighted by molar-refractivity contribution is -0.0146. The third kappa shape index (κ3) is 1.81. The molecule has 0 fully saturated rings. The van der Waals surface area contributed by atoms with Gasteiger partial charge in [0.05, 0.1) is 0 Å². The molecular weight excluding hydrogens is 270 g/mol. The predicted octanol–water partition coefficient (Wildman–Crippen LogP) is 2.52. The van der Waals surface area contributed by atoms with Crippen LogP contribution in [0.1, 0.15) is 34.1 Å². The molecule has 0 bridgehead atoms. The maximum atomic E-state index is 12.6. The van der Waals surface area contributed by atoms with Crippen molar-refractivity contribution in [3.05, 3.63) is 41.5 Å². The van der Waals surface area contributed by atoms with Gasteiger partial charge in [-0.05, 0) is 24.6 Å². The van der Waals surface area contributed by atoms with E-state index in [0.717, 1.165) is 4.90 Å². The highest BCUT2D eigenvalue weighted by molar-refractivity contribution is 6.26. The van der Waals surface area contributed by atoms with E-state index in [1.54, 1.807) is 24.3 Å². The van der Waals surface area contributed by atoms with Gasteiger partial charge in [-0.3, -0.25) is 9.59 Å². The lowest BCUT2D eigenvalue weighted by atomic mass is 9.93. The Labute approximate surface area is 121 Å². The zero-order chi connectivity index (χ0) is 15.1. The minimum absolute atomic E-state index is 0.0587. The van der Waals surface area contributed by atoms with E-state index in [9.17, 15) is 14.7 Å². The van der Waals surface area contributed by atoms with Gasteiger partial charge in [0.15, 0.2) is 0 Å². The highest BCUT2D eigenvalue weighted by Gasteiger charge is 2.37. The molecular formula is C16H15NO4. The van der Waals surface area contributed by atoms with Gasteiger partial charge in [-0.2, -0.15) is 0 Å². The van der Waals surface area contributed by atoms with Crippen molar-refractivity contribution in [1.29, 1.82) is 0 Å². The van der Waals surface area contributed by atoms with Gasteiger partial charge in [0, 0.05) is 29.0 Å². The summed E-state index contributed by atoms with van der Waals surface area (Å²) in [7, 11) is 1.47. The Hall–Kier alpha value is -2.40. The van der Waals surface area contributed by atoms with Crippen LogP contribution < -0.4 is 0 Å². The Balaban J connectivity index is 2.29. The fraction of sp³-hybridized carbons (Fsp3) is 0.250. The minimum atomic E-state index is -0.595. The Kier molecular flexibility index (Phi) is 3.14. The molecule has 5 heteroatoms. The van der Waals surface area contributed by atoms with E-state index in [4.69, 9.17) is 4.74 Å². The molecule has 1 heterocycles. The zero-order valence-electron chi connectivity index (χ0n) is 11.8. The van der Waals surface area contributed by atoms with Gasteiger partial charge < -0.3 is 9.84 Å². The third-order valence-electron chi connectivity index (χ3n) is 3.83. The summed E-state index contributed by atoms with van der Waals surface area (Å²) >= 11 is 0. The topological polar surface area (TPSA) is 66.8 Å². The summed E-state index contributed by atoms with van der Waals surface area (Å²) in [4.78, 5) is 26.4. The monoisotopic (exact) mass is 285 g/mol. The van der Waals surface area contributed by atoms with Crippen molar-refractivity contribution in [3.8, 4) is 5.75 Å². The van der Waals surface area contributed by atoms with Gasteiger partial charge in [-0.25, -0.2) is 4.90 Å². The van der Waals surface area contributed by atoms with Gasteiger partial charge in [0.25, 0.3) is 11.8 Å². The van der Waals surface area contributed by atoms with Crippen LogP contribution in [0.15, 0.2) is 30.3 Å². The summed E-state index contributed by atoms with van der Waals surface area (Å²) in [5.41, 5.74) is 0.821. The number of phenolic OH excluding ortho intramolecular Hbond substituents is 1. The second kappa shape index (κ2) is 4.86. The lowest BCUT2D eigenvalue weighted by Gasteiger charge is -2.32. The predicted molar refractivity (Wildman–Crippen MR) is 77.2 cm³/mol. The van der Waals surface area contributed by atoms with E-state index < -0.39 is 18.0 Å². The first kappa shape index (κ1) is 13.6. The Morgan fingerprint density at radius 2 is 1.81 bits per heavy atom. The van der Waals surface area contributed by atoms with E-state index >= 15 is 0 Å². The number of benzene rings is 2. The van der Waals surface area contributed by atoms with Crippen LogP contribution in [-0.4, -0.2) is 35.2 Å². The number of hydrogen-bond acceptors (Lipinski definition) is 4. The number of carbonyl (C=O) groups excluding carboxylic acids is 2. The van der Waals surface area contributed by atoms with Crippen LogP contribution in [0.2, 0.25) is 0 Å². The fourth-order valence-electron chi connectivity index (χ4n) is 2.82. The number of ether oxygens (including phenoxy) is 1. The largest absolute Gasteiger partial charge is 0.507 e. The summed E-state index contributed by atoms with van der Waals surface area (Å²) < 4.78 is 5.25. The first-order valence-corrected chi connectivity index (χ1v) is 6.75. The smallest absolute Gasteiger partial charge is 0.263 e. The highest BCUT2D eigenvalue weighted by Crippen LogP contribution is 2.35. The Morgan fingerprint density at radius 1 is 1.14 bits per heavy atom. The molecule has 0 aromatic heterocycles. The normalized spacial score (nSPS) is 15.6. The number of nitrogens with zero attached hydrogens (tertiary/aromatic N) is 1. The van der Waals surface area contributed by atoms with E-state index in [-0.39, 0.29) is 5.75 Å². The van der Waals surface area contributed by atoms with Crippen LogP contribution >= 0.6 is 0 Å². The number of phenols is 1. The molecule has 1 unspecified atom stereocenters. The number of amides is 2. The standard InChI is InChI=1S/C16H15NO4/c1-3-13(21-2)17-15(19)10-6-4-5-9-12(18)8-7-11(14(9)10)16(17)20/h4-8,13,18H,3H2,1-2H3. The number of methoxy groups -OCH3 is 1. The van der Waals surface area contributed by atoms with Crippen molar-refractivity contribution < 1.29 is 19.4 Å². The number of imide groups is 1. The molecule has 5 nitrogen and oxygen atoms in total. The Morgan fingerprint density at radius 3 is 2.43 bits per heavy atom. The molecule has 0 radical (unpaired) electrons. The molecule has 2 aromatic rings. The van der Waals surface area contributed by atoms with E-state index in [1.165, 1.54) is 13.2 Å². The minimum Gasteiger partial charge on any atom is -0.507 e. The van der Waals surface area contributed by atoms with Crippen LogP contribution in [0.3, 0.4) is 0 Å². The summed E-state index contributed by atoms with van der Waals surface area (Å²) in [6, 6.07) is 8.07. The van der Waals surface area contributed by atoms with Crippen LogP contribution in [0.5, 0.6) is 5.75 Å². The molecule has 2 aromatic carbocycles. The molecule has 0 saturated heterocycles. The summed E-state index contributed by atoms with van der Waals surface area (Å²) in [5, 5.41) is 10.9. The molecule has 1 atom stereocenters. The van der Waals surface area contributed by atoms with Crippen LogP contribution in [0.4, 0.5) is 0 Å². The quantitative estimate of drug-likeness (QED) is 0.880. The Bertz CT molecular complexity index is 727. The van der Waals surface area contributed by atoms with Crippen molar-refractivity contribution in [1.82, 2.24) is 4.90 Å². The molecule has 0 saturated carbocycles. The van der Waals surface area contributed by atoms with Gasteiger partial charge >= 0.3 is 0 Å². The second-order valence-corrected chi connectivity index (χ2v) is 4.94. The molecule has 108 valence electrons. The van der Waals surface area contributed by atoms with Crippen molar-refractivity contribution in [2.45, 2.75) is 19.6 Å². The van der Waals surface area contributed by atoms with Crippen molar-refractivity contribution in [3.63, 3.8) is 0 Å². The first-order chi connectivity index (χ1) is 10.1. The third-order valence-corrected chi connectivity index (χ3v) is 3.83. The van der Waals surface area contributed by atoms with Crippen LogP contribution in [-0.2, 0) is 4.74 Å². The number of hydrogen-bond donors (Lipinski definition) is 1. The number of carbonyl (C=O) groups is 2. The van der Waals surface area contributed by atoms with E-state index in [0.29, 0.717) is 28.3 Å². The van der Waals surface area contributed by atoms with Gasteiger partial charge in [-0.1, -0.05) is 19.1 Å². The summed E-state index contributed by atoms with van der Waals surface area (Å²) in [6.45, 7) is 1.85. The van der Waals surface area contributed by atoms with Crippen LogP contribution in [0.25, 0.3) is 10.8 Å². The average molecular weight is 285 g/mol. The summed E-state index contributed by atoms with van der Waals surface area (Å²) in [5.74, 6) is -0.724. The van der Waals surface area contributed by atoms with Crippen molar-refractivity contribution >= 4 is 22.6 Å². The number of rotatable bonds is 3. The van der Waals surface area contributed by atoms with E-state index in [1.807, 2.05) is 6.92 Å². The number of aromatic hydroxyl groups is 1. The van der Waals surface area contributed by atoms with Crippen molar-refractivity contribution in [2.75, 3.05) is 7.11 Å². The molecule has 1 N–H and O–H groups in total. The van der Waals surface area contributed by atoms with Gasteiger partial charge in [0.2, 0.25) is 0 Å². The molecule has 1 aliphatic rings. The molecule has 21 heavy (non-hydrogen) atoms. The highest BCUT2D eigenvalue weighted by atomic mass is 16.5. The maximum Gasteiger partial charge on any atom is 0.263 e. The molecule has 1 aliphatic heterocycles. The zero-order valence-corrected chi connectivity index (χ0v) is 11.8. The first-order valence-electron chi connectivity index (χ1n) is 6.75. The molecule has 0 spiro atoms. The fourth-order valence-corrected chi connectivity index (χ4v) is 2.82.